The number of carbonyl (C=O) groups excluding carboxylic acids is 1. The van der Waals surface area contributed by atoms with Gasteiger partial charge < -0.3 is 4.74 Å². The maximum absolute atomic E-state index is 11.7. The van der Waals surface area contributed by atoms with Crippen molar-refractivity contribution in [3.05, 3.63) is 62.7 Å². The molecule has 22 heavy (non-hydrogen) atoms. The van der Waals surface area contributed by atoms with Crippen LogP contribution in [0.2, 0.25) is 5.02 Å². The van der Waals surface area contributed by atoms with Gasteiger partial charge in [0.2, 0.25) is 0 Å². The highest BCUT2D eigenvalue weighted by molar-refractivity contribution is 14.1. The van der Waals surface area contributed by atoms with Crippen molar-refractivity contribution in [2.45, 2.75) is 6.92 Å². The first-order valence-electron chi connectivity index (χ1n) is 6.52. The van der Waals surface area contributed by atoms with Gasteiger partial charge in [-0.1, -0.05) is 23.7 Å². The van der Waals surface area contributed by atoms with Gasteiger partial charge in [0.15, 0.2) is 6.61 Å². The van der Waals surface area contributed by atoms with Gasteiger partial charge in [0.25, 0.3) is 5.91 Å². The number of amides is 1. The fourth-order valence-electron chi connectivity index (χ4n) is 1.64. The first-order chi connectivity index (χ1) is 10.5. The summed E-state index contributed by atoms with van der Waals surface area (Å²) in [6, 6.07) is 14.7. The number of halogens is 2. The standard InChI is InChI=1S/C16H14ClIN2O2/c1-11(12-3-2-4-14(18)9-12)19-20-16(21)10-22-15-7-5-13(17)6-8-15/h2-9H,10H2,1H3,(H,20,21)/b19-11-. The lowest BCUT2D eigenvalue weighted by molar-refractivity contribution is -0.123. The van der Waals surface area contributed by atoms with E-state index in [-0.39, 0.29) is 12.5 Å². The summed E-state index contributed by atoms with van der Waals surface area (Å²) in [6.07, 6.45) is 0. The lowest BCUT2D eigenvalue weighted by Crippen LogP contribution is -2.25. The Balaban J connectivity index is 1.86. The number of rotatable bonds is 5. The SMILES string of the molecule is C/C(=N/NC(=O)COc1ccc(Cl)cc1)c1cccc(I)c1. The monoisotopic (exact) mass is 428 g/mol. The Morgan fingerprint density at radius 1 is 1.27 bits per heavy atom. The quantitative estimate of drug-likeness (QED) is 0.447. The molecule has 0 saturated heterocycles. The molecule has 0 fully saturated rings. The topological polar surface area (TPSA) is 50.7 Å². The highest BCUT2D eigenvalue weighted by Crippen LogP contribution is 2.15. The van der Waals surface area contributed by atoms with Crippen molar-refractivity contribution in [3.63, 3.8) is 0 Å². The molecule has 1 amide bonds. The van der Waals surface area contributed by atoms with Crippen LogP contribution < -0.4 is 10.2 Å². The number of hydrazone groups is 1. The molecule has 1 N–H and O–H groups in total. The summed E-state index contributed by atoms with van der Waals surface area (Å²) < 4.78 is 6.45. The van der Waals surface area contributed by atoms with Gasteiger partial charge in [-0.2, -0.15) is 5.10 Å². The molecule has 114 valence electrons. The summed E-state index contributed by atoms with van der Waals surface area (Å²) in [4.78, 5) is 11.7. The molecule has 2 aromatic carbocycles. The van der Waals surface area contributed by atoms with Crippen LogP contribution in [0.5, 0.6) is 5.75 Å². The Hall–Kier alpha value is -1.60. The molecule has 0 atom stereocenters. The van der Waals surface area contributed by atoms with E-state index < -0.39 is 0 Å². The second-order valence-corrected chi connectivity index (χ2v) is 6.17. The fourth-order valence-corrected chi connectivity index (χ4v) is 2.31. The third-order valence-electron chi connectivity index (χ3n) is 2.77. The number of benzene rings is 2. The number of nitrogens with zero attached hydrogens (tertiary/aromatic N) is 1. The molecule has 0 aliphatic carbocycles. The molecule has 0 aliphatic rings. The molecule has 0 radical (unpaired) electrons. The Morgan fingerprint density at radius 2 is 2.00 bits per heavy atom. The lowest BCUT2D eigenvalue weighted by Gasteiger charge is -2.06. The van der Waals surface area contributed by atoms with Crippen LogP contribution in [0.15, 0.2) is 53.6 Å². The van der Waals surface area contributed by atoms with E-state index >= 15 is 0 Å². The van der Waals surface area contributed by atoms with Crippen molar-refractivity contribution >= 4 is 45.8 Å². The van der Waals surface area contributed by atoms with Gasteiger partial charge in [-0.3, -0.25) is 4.79 Å². The third-order valence-corrected chi connectivity index (χ3v) is 3.70. The van der Waals surface area contributed by atoms with Crippen LogP contribution in [0.25, 0.3) is 0 Å². The van der Waals surface area contributed by atoms with E-state index in [0.717, 1.165) is 14.8 Å². The van der Waals surface area contributed by atoms with E-state index in [1.807, 2.05) is 31.2 Å². The number of nitrogens with one attached hydrogen (secondary N) is 1. The molecule has 0 spiro atoms. The van der Waals surface area contributed by atoms with Gasteiger partial charge in [0.1, 0.15) is 5.75 Å². The van der Waals surface area contributed by atoms with Crippen molar-refractivity contribution in [2.24, 2.45) is 5.10 Å². The minimum atomic E-state index is -0.320. The molecule has 0 saturated carbocycles. The lowest BCUT2D eigenvalue weighted by atomic mass is 10.1. The fraction of sp³-hybridized carbons (Fsp3) is 0.125. The first kappa shape index (κ1) is 16.8. The highest BCUT2D eigenvalue weighted by Gasteiger charge is 2.03. The largest absolute Gasteiger partial charge is 0.484 e. The molecule has 0 bridgehead atoms. The van der Waals surface area contributed by atoms with Crippen molar-refractivity contribution in [1.29, 1.82) is 0 Å². The van der Waals surface area contributed by atoms with Crippen LogP contribution in [0, 0.1) is 3.57 Å². The van der Waals surface area contributed by atoms with Gasteiger partial charge in [0.05, 0.1) is 5.71 Å². The zero-order valence-corrected chi connectivity index (χ0v) is 14.8. The molecule has 0 unspecified atom stereocenters. The third kappa shape index (κ3) is 5.31. The van der Waals surface area contributed by atoms with Crippen LogP contribution >= 0.6 is 34.2 Å². The molecule has 0 aromatic heterocycles. The number of carbonyl (C=O) groups is 1. The molecule has 2 aromatic rings. The Bertz CT molecular complexity index is 687. The zero-order valence-electron chi connectivity index (χ0n) is 11.8. The molecule has 6 heteroatoms. The van der Waals surface area contributed by atoms with E-state index in [1.54, 1.807) is 24.3 Å². The molecule has 2 rings (SSSR count). The van der Waals surface area contributed by atoms with Crippen molar-refractivity contribution < 1.29 is 9.53 Å². The van der Waals surface area contributed by atoms with Gasteiger partial charge >= 0.3 is 0 Å². The van der Waals surface area contributed by atoms with Crippen molar-refractivity contribution in [1.82, 2.24) is 5.43 Å². The Labute approximate surface area is 147 Å². The normalized spacial score (nSPS) is 11.1. The van der Waals surface area contributed by atoms with Crippen LogP contribution in [-0.2, 0) is 4.79 Å². The van der Waals surface area contributed by atoms with Gasteiger partial charge in [-0.05, 0) is 71.5 Å². The predicted molar refractivity (Wildman–Crippen MR) is 96.5 cm³/mol. The van der Waals surface area contributed by atoms with Gasteiger partial charge in [-0.15, -0.1) is 0 Å². The highest BCUT2D eigenvalue weighted by atomic mass is 127. The summed E-state index contributed by atoms with van der Waals surface area (Å²) in [7, 11) is 0. The van der Waals surface area contributed by atoms with Crippen LogP contribution in [0.1, 0.15) is 12.5 Å². The number of hydrogen-bond donors (Lipinski definition) is 1. The van der Waals surface area contributed by atoms with Crippen molar-refractivity contribution in [3.8, 4) is 5.75 Å². The second kappa shape index (κ2) is 8.14. The van der Waals surface area contributed by atoms with Crippen LogP contribution in [0.3, 0.4) is 0 Å². The van der Waals surface area contributed by atoms with E-state index in [1.165, 1.54) is 0 Å². The van der Waals surface area contributed by atoms with E-state index in [9.17, 15) is 4.79 Å². The summed E-state index contributed by atoms with van der Waals surface area (Å²) in [5.41, 5.74) is 4.18. The number of ether oxygens (including phenoxy) is 1. The molecular formula is C16H14ClIN2O2. The Kier molecular flexibility index (Phi) is 6.21. The predicted octanol–water partition coefficient (Wildman–Crippen LogP) is 3.86. The molecule has 0 heterocycles. The summed E-state index contributed by atoms with van der Waals surface area (Å²) in [6.45, 7) is 1.73. The van der Waals surface area contributed by atoms with E-state index in [0.29, 0.717) is 10.8 Å². The maximum atomic E-state index is 11.7. The van der Waals surface area contributed by atoms with Crippen molar-refractivity contribution in [2.75, 3.05) is 6.61 Å². The summed E-state index contributed by atoms with van der Waals surface area (Å²) in [5.74, 6) is 0.262. The van der Waals surface area contributed by atoms with Gasteiger partial charge in [0, 0.05) is 8.59 Å². The summed E-state index contributed by atoms with van der Waals surface area (Å²) in [5, 5.41) is 4.69. The molecule has 0 aliphatic heterocycles. The Morgan fingerprint density at radius 3 is 2.68 bits per heavy atom. The first-order valence-corrected chi connectivity index (χ1v) is 7.98. The number of hydrogen-bond acceptors (Lipinski definition) is 3. The molecular weight excluding hydrogens is 415 g/mol. The minimum Gasteiger partial charge on any atom is -0.484 e. The second-order valence-electron chi connectivity index (χ2n) is 4.49. The average molecular weight is 429 g/mol. The maximum Gasteiger partial charge on any atom is 0.277 e. The molecule has 4 nitrogen and oxygen atoms in total. The van der Waals surface area contributed by atoms with Crippen LogP contribution in [0.4, 0.5) is 0 Å². The smallest absolute Gasteiger partial charge is 0.277 e. The van der Waals surface area contributed by atoms with E-state index in [4.69, 9.17) is 16.3 Å². The van der Waals surface area contributed by atoms with Gasteiger partial charge in [-0.25, -0.2) is 5.43 Å². The average Bonchev–Trinajstić information content (AvgIpc) is 2.52. The van der Waals surface area contributed by atoms with Crippen LogP contribution in [-0.4, -0.2) is 18.2 Å². The zero-order chi connectivity index (χ0) is 15.9. The van der Waals surface area contributed by atoms with E-state index in [2.05, 4.69) is 33.1 Å². The summed E-state index contributed by atoms with van der Waals surface area (Å²) >= 11 is 8.01. The minimum absolute atomic E-state index is 0.106.